The molecule has 23 heavy (non-hydrogen) atoms. The SMILES string of the molecule is C[C@@H]1C[C@@H](NC(=O)C2=CCCCO2)CCN1Cc1ccccc1. The highest BCUT2D eigenvalue weighted by atomic mass is 16.5. The van der Waals surface area contributed by atoms with Gasteiger partial charge >= 0.3 is 0 Å². The first kappa shape index (κ1) is 16.1. The number of amides is 1. The third-order valence-electron chi connectivity index (χ3n) is 4.74. The first-order valence-electron chi connectivity index (χ1n) is 8.64. The normalized spacial score (nSPS) is 25.3. The summed E-state index contributed by atoms with van der Waals surface area (Å²) in [6, 6.07) is 11.3. The zero-order valence-corrected chi connectivity index (χ0v) is 13.8. The number of benzene rings is 1. The number of hydrogen-bond acceptors (Lipinski definition) is 3. The molecule has 2 heterocycles. The second kappa shape index (κ2) is 7.64. The number of allylic oxidation sites excluding steroid dienone is 1. The van der Waals surface area contributed by atoms with Gasteiger partial charge in [-0.05, 0) is 44.2 Å². The molecule has 2 atom stereocenters. The van der Waals surface area contributed by atoms with E-state index in [1.54, 1.807) is 0 Å². The standard InChI is InChI=1S/C19H26N2O2/c1-15-13-17(20-19(22)18-9-5-6-12-23-18)10-11-21(15)14-16-7-3-2-4-8-16/h2-4,7-9,15,17H,5-6,10-14H2,1H3,(H,20,22)/t15-,17+/m1/s1. The molecule has 0 aliphatic carbocycles. The van der Waals surface area contributed by atoms with Gasteiger partial charge in [0, 0.05) is 25.2 Å². The van der Waals surface area contributed by atoms with Crippen molar-refractivity contribution in [1.82, 2.24) is 10.2 Å². The fourth-order valence-electron chi connectivity index (χ4n) is 3.38. The Labute approximate surface area is 138 Å². The Morgan fingerprint density at radius 2 is 2.17 bits per heavy atom. The van der Waals surface area contributed by atoms with Gasteiger partial charge in [0.15, 0.2) is 5.76 Å². The summed E-state index contributed by atoms with van der Waals surface area (Å²) in [4.78, 5) is 14.7. The number of nitrogens with one attached hydrogen (secondary N) is 1. The lowest BCUT2D eigenvalue weighted by atomic mass is 9.97. The summed E-state index contributed by atoms with van der Waals surface area (Å²) in [5.41, 5.74) is 1.35. The predicted octanol–water partition coefficient (Wildman–Crippen LogP) is 2.85. The third-order valence-corrected chi connectivity index (χ3v) is 4.74. The van der Waals surface area contributed by atoms with Gasteiger partial charge in [-0.2, -0.15) is 0 Å². The highest BCUT2D eigenvalue weighted by Crippen LogP contribution is 2.20. The number of carbonyl (C=O) groups is 1. The van der Waals surface area contributed by atoms with Crippen molar-refractivity contribution >= 4 is 5.91 Å². The van der Waals surface area contributed by atoms with Crippen LogP contribution in [0.4, 0.5) is 0 Å². The van der Waals surface area contributed by atoms with Crippen molar-refractivity contribution in [2.24, 2.45) is 0 Å². The minimum absolute atomic E-state index is 0.0431. The fourth-order valence-corrected chi connectivity index (χ4v) is 3.38. The molecule has 0 radical (unpaired) electrons. The maximum Gasteiger partial charge on any atom is 0.286 e. The van der Waals surface area contributed by atoms with Gasteiger partial charge in [-0.1, -0.05) is 30.3 Å². The van der Waals surface area contributed by atoms with Crippen LogP contribution in [0.25, 0.3) is 0 Å². The lowest BCUT2D eigenvalue weighted by molar-refractivity contribution is -0.122. The summed E-state index contributed by atoms with van der Waals surface area (Å²) >= 11 is 0. The van der Waals surface area contributed by atoms with E-state index >= 15 is 0 Å². The van der Waals surface area contributed by atoms with Crippen LogP contribution in [0.5, 0.6) is 0 Å². The van der Waals surface area contributed by atoms with E-state index in [9.17, 15) is 4.79 Å². The van der Waals surface area contributed by atoms with Crippen molar-refractivity contribution in [1.29, 1.82) is 0 Å². The molecule has 1 aromatic carbocycles. The van der Waals surface area contributed by atoms with Crippen LogP contribution in [0.2, 0.25) is 0 Å². The van der Waals surface area contributed by atoms with Gasteiger partial charge in [-0.25, -0.2) is 0 Å². The Morgan fingerprint density at radius 3 is 2.87 bits per heavy atom. The van der Waals surface area contributed by atoms with Gasteiger partial charge < -0.3 is 10.1 Å². The van der Waals surface area contributed by atoms with Crippen LogP contribution in [0.1, 0.15) is 38.2 Å². The third kappa shape index (κ3) is 4.35. The highest BCUT2D eigenvalue weighted by molar-refractivity contribution is 5.91. The van der Waals surface area contributed by atoms with Gasteiger partial charge in [0.25, 0.3) is 5.91 Å². The van der Waals surface area contributed by atoms with E-state index in [4.69, 9.17) is 4.74 Å². The second-order valence-corrected chi connectivity index (χ2v) is 6.56. The number of piperidine rings is 1. The zero-order chi connectivity index (χ0) is 16.1. The predicted molar refractivity (Wildman–Crippen MR) is 90.7 cm³/mol. The molecule has 1 saturated heterocycles. The van der Waals surface area contributed by atoms with Crippen LogP contribution < -0.4 is 5.32 Å². The monoisotopic (exact) mass is 314 g/mol. The van der Waals surface area contributed by atoms with Crippen molar-refractivity contribution in [3.8, 4) is 0 Å². The smallest absolute Gasteiger partial charge is 0.286 e. The molecule has 0 bridgehead atoms. The van der Waals surface area contributed by atoms with Crippen LogP contribution >= 0.6 is 0 Å². The van der Waals surface area contributed by atoms with E-state index in [1.165, 1.54) is 5.56 Å². The fraction of sp³-hybridized carbons (Fsp3) is 0.526. The zero-order valence-electron chi connectivity index (χ0n) is 13.8. The number of carbonyl (C=O) groups excluding carboxylic acids is 1. The van der Waals surface area contributed by atoms with E-state index in [1.807, 2.05) is 6.08 Å². The number of rotatable bonds is 4. The lowest BCUT2D eigenvalue weighted by Crippen LogP contribution is -2.48. The van der Waals surface area contributed by atoms with Crippen LogP contribution in [-0.4, -0.2) is 36.0 Å². The molecule has 1 N–H and O–H groups in total. The average molecular weight is 314 g/mol. The maximum atomic E-state index is 12.2. The van der Waals surface area contributed by atoms with Crippen molar-refractivity contribution in [3.05, 3.63) is 47.7 Å². The molecular formula is C19H26N2O2. The molecule has 3 rings (SSSR count). The molecule has 0 saturated carbocycles. The number of nitrogens with zero attached hydrogens (tertiary/aromatic N) is 1. The molecule has 2 aliphatic heterocycles. The molecule has 124 valence electrons. The van der Waals surface area contributed by atoms with Gasteiger partial charge in [-0.15, -0.1) is 0 Å². The van der Waals surface area contributed by atoms with Gasteiger partial charge in [0.2, 0.25) is 0 Å². The van der Waals surface area contributed by atoms with Crippen LogP contribution in [0.3, 0.4) is 0 Å². The molecular weight excluding hydrogens is 288 g/mol. The number of likely N-dealkylation sites (tertiary alicyclic amines) is 1. The topological polar surface area (TPSA) is 41.6 Å². The van der Waals surface area contributed by atoms with E-state index in [0.29, 0.717) is 18.4 Å². The van der Waals surface area contributed by atoms with E-state index in [2.05, 4.69) is 47.5 Å². The van der Waals surface area contributed by atoms with Crippen molar-refractivity contribution in [2.45, 2.75) is 51.2 Å². The minimum atomic E-state index is -0.0431. The summed E-state index contributed by atoms with van der Waals surface area (Å²) in [6.07, 6.45) is 5.84. The number of ether oxygens (including phenoxy) is 1. The Hall–Kier alpha value is -1.81. The minimum Gasteiger partial charge on any atom is -0.488 e. The molecule has 1 amide bonds. The second-order valence-electron chi connectivity index (χ2n) is 6.56. The van der Waals surface area contributed by atoms with Gasteiger partial charge in [0.05, 0.1) is 6.61 Å². The maximum absolute atomic E-state index is 12.2. The molecule has 1 aromatic rings. The molecule has 4 nitrogen and oxygen atoms in total. The molecule has 0 spiro atoms. The van der Waals surface area contributed by atoms with Crippen LogP contribution in [-0.2, 0) is 16.1 Å². The van der Waals surface area contributed by atoms with Gasteiger partial charge in [-0.3, -0.25) is 9.69 Å². The van der Waals surface area contributed by atoms with Gasteiger partial charge in [0.1, 0.15) is 0 Å². The molecule has 0 aromatic heterocycles. The molecule has 0 unspecified atom stereocenters. The molecule has 2 aliphatic rings. The van der Waals surface area contributed by atoms with Crippen LogP contribution in [0.15, 0.2) is 42.2 Å². The number of hydrogen-bond donors (Lipinski definition) is 1. The Kier molecular flexibility index (Phi) is 5.34. The summed E-state index contributed by atoms with van der Waals surface area (Å²) in [5.74, 6) is 0.467. The largest absolute Gasteiger partial charge is 0.488 e. The van der Waals surface area contributed by atoms with E-state index in [-0.39, 0.29) is 11.9 Å². The highest BCUT2D eigenvalue weighted by Gasteiger charge is 2.27. The summed E-state index contributed by atoms with van der Waals surface area (Å²) in [7, 11) is 0. The average Bonchev–Trinajstić information content (AvgIpc) is 2.59. The van der Waals surface area contributed by atoms with Crippen LogP contribution in [0, 0.1) is 0 Å². The Bertz CT molecular complexity index is 556. The first-order valence-corrected chi connectivity index (χ1v) is 8.64. The molecule has 4 heteroatoms. The van der Waals surface area contributed by atoms with Crippen molar-refractivity contribution < 1.29 is 9.53 Å². The quantitative estimate of drug-likeness (QED) is 0.929. The Morgan fingerprint density at radius 1 is 1.35 bits per heavy atom. The molecule has 1 fully saturated rings. The summed E-state index contributed by atoms with van der Waals surface area (Å²) < 4.78 is 5.45. The summed E-state index contributed by atoms with van der Waals surface area (Å²) in [5, 5.41) is 3.14. The van der Waals surface area contributed by atoms with Crippen molar-refractivity contribution in [2.75, 3.05) is 13.2 Å². The first-order chi connectivity index (χ1) is 11.2. The van der Waals surface area contributed by atoms with E-state index < -0.39 is 0 Å². The lowest BCUT2D eigenvalue weighted by Gasteiger charge is -2.38. The Balaban J connectivity index is 1.50. The van der Waals surface area contributed by atoms with E-state index in [0.717, 1.165) is 38.8 Å². The van der Waals surface area contributed by atoms with Crippen molar-refractivity contribution in [3.63, 3.8) is 0 Å². The summed E-state index contributed by atoms with van der Waals surface area (Å²) in [6.45, 7) is 4.90.